The van der Waals surface area contributed by atoms with E-state index >= 15 is 0 Å². The van der Waals surface area contributed by atoms with Crippen LogP contribution in [0, 0.1) is 6.57 Å². The molecule has 0 saturated heterocycles. The Morgan fingerprint density at radius 1 is 0.356 bits per heavy atom. The van der Waals surface area contributed by atoms with Crippen molar-refractivity contribution in [2.75, 3.05) is 0 Å². The van der Waals surface area contributed by atoms with E-state index in [0.717, 1.165) is 39.1 Å². The van der Waals surface area contributed by atoms with Crippen molar-refractivity contribution < 1.29 is 0 Å². The van der Waals surface area contributed by atoms with E-state index in [1.54, 1.807) is 0 Å². The van der Waals surface area contributed by atoms with Crippen LogP contribution in [-0.4, -0.2) is 17.2 Å². The van der Waals surface area contributed by atoms with E-state index < -0.39 is 8.07 Å². The maximum atomic E-state index is 7.74. The molecule has 59 heavy (non-hydrogen) atoms. The van der Waals surface area contributed by atoms with Gasteiger partial charge in [-0.25, -0.2) is 4.85 Å². The zero-order valence-electron chi connectivity index (χ0n) is 32.2. The van der Waals surface area contributed by atoms with Gasteiger partial charge in [-0.05, 0) is 74.8 Å². The maximum Gasteiger partial charge on any atom is 0.189 e. The van der Waals surface area contributed by atoms with E-state index in [4.69, 9.17) is 6.57 Å². The molecule has 11 rings (SSSR count). The molecule has 9 aromatic carbocycles. The van der Waals surface area contributed by atoms with Gasteiger partial charge in [-0.1, -0.05) is 176 Å². The zero-order valence-corrected chi connectivity index (χ0v) is 33.2. The number of fused-ring (bicyclic) bond motifs is 6. The molecule has 0 saturated carbocycles. The predicted octanol–water partition coefficient (Wildman–Crippen LogP) is 11.5. The Bertz CT molecular complexity index is 3280. The van der Waals surface area contributed by atoms with Crippen molar-refractivity contribution in [1.82, 2.24) is 9.13 Å². The van der Waals surface area contributed by atoms with E-state index in [2.05, 4.69) is 220 Å². The van der Waals surface area contributed by atoms with Gasteiger partial charge in [-0.15, -0.1) is 0 Å². The quantitative estimate of drug-likeness (QED) is 0.0871. The van der Waals surface area contributed by atoms with Crippen LogP contribution in [0.15, 0.2) is 224 Å². The van der Waals surface area contributed by atoms with Crippen molar-refractivity contribution in [3.63, 3.8) is 0 Å². The van der Waals surface area contributed by atoms with Gasteiger partial charge < -0.3 is 9.13 Å². The van der Waals surface area contributed by atoms with Gasteiger partial charge in [0.15, 0.2) is 13.8 Å². The molecule has 4 heteroatoms. The fourth-order valence-corrected chi connectivity index (χ4v) is 14.3. The van der Waals surface area contributed by atoms with Crippen molar-refractivity contribution in [1.29, 1.82) is 0 Å². The lowest BCUT2D eigenvalue weighted by Gasteiger charge is -2.34. The van der Waals surface area contributed by atoms with Gasteiger partial charge in [0.25, 0.3) is 0 Å². The molecule has 0 N–H and O–H groups in total. The molecule has 0 aliphatic rings. The maximum absolute atomic E-state index is 7.74. The van der Waals surface area contributed by atoms with Crippen LogP contribution in [0.1, 0.15) is 0 Å². The van der Waals surface area contributed by atoms with Crippen molar-refractivity contribution in [3.8, 4) is 22.5 Å². The lowest BCUT2D eigenvalue weighted by Crippen LogP contribution is -2.74. The van der Waals surface area contributed by atoms with Gasteiger partial charge in [-0.3, -0.25) is 0 Å². The summed E-state index contributed by atoms with van der Waals surface area (Å²) in [5, 5.41) is 10.2. The van der Waals surface area contributed by atoms with E-state index in [1.807, 2.05) is 18.2 Å². The number of hydrogen-bond acceptors (Lipinski definition) is 0. The SMILES string of the molecule is [C-]#[N+]c1cccc(-n2c3ccccc3c3cccc(-c4ccc5c(c4)c4ccccc4n5-c4ccc([Si](c5ccccc5)(c5ccccc5)c5ccccc5)cc4)c32)c1. The van der Waals surface area contributed by atoms with E-state index in [1.165, 1.54) is 47.8 Å². The Kier molecular flexibility index (Phi) is 8.21. The first-order chi connectivity index (χ1) is 29.2. The standard InChI is InChI=1S/C55H37N3Si/c1-56-40-17-15-18-42(38-40)58-53-30-14-11-25-48(53)50-28-16-27-47(55(50)58)39-31-36-54-51(37-39)49-26-12-13-29-52(49)57(54)41-32-34-46(35-33-41)59(43-19-5-2-6-20-43,44-21-7-3-8-22-44)45-23-9-4-10-24-45/h2-38H. The second-order valence-electron chi connectivity index (χ2n) is 15.2. The summed E-state index contributed by atoms with van der Waals surface area (Å²) in [4.78, 5) is 3.77. The molecule has 11 aromatic rings. The second-order valence-corrected chi connectivity index (χ2v) is 19.0. The summed E-state index contributed by atoms with van der Waals surface area (Å²) in [5.41, 5.74) is 9.64. The third-order valence-electron chi connectivity index (χ3n) is 12.1. The molecule has 0 radical (unpaired) electrons. The van der Waals surface area contributed by atoms with Crippen molar-refractivity contribution >= 4 is 78.1 Å². The minimum atomic E-state index is -2.66. The Morgan fingerprint density at radius 3 is 1.49 bits per heavy atom. The summed E-state index contributed by atoms with van der Waals surface area (Å²) >= 11 is 0. The third-order valence-corrected chi connectivity index (χ3v) is 16.9. The molecule has 2 aromatic heterocycles. The van der Waals surface area contributed by atoms with Crippen molar-refractivity contribution in [3.05, 3.63) is 236 Å². The summed E-state index contributed by atoms with van der Waals surface area (Å²) in [6.07, 6.45) is 0. The van der Waals surface area contributed by atoms with E-state index in [9.17, 15) is 0 Å². The molecular weight excluding hydrogens is 731 g/mol. The fraction of sp³-hybridized carbons (Fsp3) is 0. The lowest BCUT2D eigenvalue weighted by molar-refractivity contribution is 1.18. The number of benzene rings is 9. The third kappa shape index (κ3) is 5.40. The Balaban J connectivity index is 1.10. The number of hydrogen-bond donors (Lipinski definition) is 0. The average Bonchev–Trinajstić information content (AvgIpc) is 3.83. The molecule has 0 fully saturated rings. The highest BCUT2D eigenvalue weighted by molar-refractivity contribution is 7.19. The summed E-state index contributed by atoms with van der Waals surface area (Å²) in [5.74, 6) is 0. The molecule has 0 aliphatic heterocycles. The molecule has 0 unspecified atom stereocenters. The molecular formula is C55H37N3Si. The molecule has 0 aliphatic carbocycles. The lowest BCUT2D eigenvalue weighted by atomic mass is 10.00. The van der Waals surface area contributed by atoms with Crippen LogP contribution in [-0.2, 0) is 0 Å². The summed E-state index contributed by atoms with van der Waals surface area (Å²) in [6, 6.07) is 81.6. The number of nitrogens with zero attached hydrogens (tertiary/aromatic N) is 3. The Hall–Kier alpha value is -7.71. The topological polar surface area (TPSA) is 14.2 Å². The van der Waals surface area contributed by atoms with Crippen LogP contribution < -0.4 is 20.7 Å². The predicted molar refractivity (Wildman–Crippen MR) is 250 cm³/mol. The summed E-state index contributed by atoms with van der Waals surface area (Å²) < 4.78 is 4.75. The molecule has 2 heterocycles. The van der Waals surface area contributed by atoms with E-state index in [-0.39, 0.29) is 0 Å². The van der Waals surface area contributed by atoms with Crippen molar-refractivity contribution in [2.24, 2.45) is 0 Å². The number of para-hydroxylation sites is 3. The van der Waals surface area contributed by atoms with Crippen LogP contribution in [0.2, 0.25) is 0 Å². The first-order valence-electron chi connectivity index (χ1n) is 20.1. The average molecular weight is 768 g/mol. The van der Waals surface area contributed by atoms with Crippen LogP contribution in [0.5, 0.6) is 0 Å². The number of rotatable bonds is 7. The molecule has 0 atom stereocenters. The van der Waals surface area contributed by atoms with Gasteiger partial charge in [0.05, 0.1) is 28.6 Å². The molecule has 276 valence electrons. The minimum absolute atomic E-state index is 0.626. The highest BCUT2D eigenvalue weighted by atomic mass is 28.3. The van der Waals surface area contributed by atoms with Crippen LogP contribution >= 0.6 is 0 Å². The highest BCUT2D eigenvalue weighted by Crippen LogP contribution is 2.41. The van der Waals surface area contributed by atoms with Crippen LogP contribution in [0.25, 0.3) is 71.0 Å². The molecule has 0 amide bonds. The van der Waals surface area contributed by atoms with Gasteiger partial charge in [0, 0.05) is 38.5 Å². The van der Waals surface area contributed by atoms with Crippen LogP contribution in [0.4, 0.5) is 5.69 Å². The Labute approximate surface area is 344 Å². The fourth-order valence-electron chi connectivity index (χ4n) is 9.56. The molecule has 0 spiro atoms. The number of aromatic nitrogens is 2. The smallest absolute Gasteiger partial charge is 0.189 e. The monoisotopic (exact) mass is 767 g/mol. The van der Waals surface area contributed by atoms with Gasteiger partial charge in [0.2, 0.25) is 0 Å². The van der Waals surface area contributed by atoms with Crippen molar-refractivity contribution in [2.45, 2.75) is 0 Å². The Morgan fingerprint density at radius 2 is 0.864 bits per heavy atom. The second kappa shape index (κ2) is 14.0. The summed E-state index contributed by atoms with van der Waals surface area (Å²) in [7, 11) is -2.66. The molecule has 0 bridgehead atoms. The zero-order chi connectivity index (χ0) is 39.3. The first-order valence-corrected chi connectivity index (χ1v) is 22.1. The molecule has 3 nitrogen and oxygen atoms in total. The normalized spacial score (nSPS) is 11.7. The highest BCUT2D eigenvalue weighted by Gasteiger charge is 2.41. The first kappa shape index (κ1) is 34.5. The minimum Gasteiger partial charge on any atom is -0.310 e. The van der Waals surface area contributed by atoms with Gasteiger partial charge >= 0.3 is 0 Å². The van der Waals surface area contributed by atoms with E-state index in [0.29, 0.717) is 5.69 Å². The van der Waals surface area contributed by atoms with Crippen LogP contribution in [0.3, 0.4) is 0 Å². The largest absolute Gasteiger partial charge is 0.310 e. The van der Waals surface area contributed by atoms with Gasteiger partial charge in [0.1, 0.15) is 0 Å². The summed E-state index contributed by atoms with van der Waals surface area (Å²) in [6.45, 7) is 7.74. The van der Waals surface area contributed by atoms with Gasteiger partial charge in [-0.2, -0.15) is 0 Å².